The van der Waals surface area contributed by atoms with Gasteiger partial charge in [0.2, 0.25) is 0 Å². The number of hydrogen-bond donors (Lipinski definition) is 2. The third kappa shape index (κ3) is 3.16. The van der Waals surface area contributed by atoms with Crippen LogP contribution in [0.15, 0.2) is 16.9 Å². The van der Waals surface area contributed by atoms with Crippen LogP contribution < -0.4 is 5.32 Å². The zero-order valence-electron chi connectivity index (χ0n) is 14.5. The summed E-state index contributed by atoms with van der Waals surface area (Å²) < 4.78 is 5.26. The maximum Gasteiger partial charge on any atom is 0.318 e. The molecule has 0 aromatic carbocycles. The number of nitrogens with one attached hydrogen (secondary N) is 2. The molecular formula is C17H25N5O2. The molecule has 2 aromatic rings. The van der Waals surface area contributed by atoms with E-state index in [9.17, 15) is 4.79 Å². The highest BCUT2D eigenvalue weighted by atomic mass is 16.5. The topological polar surface area (TPSA) is 87.0 Å². The third-order valence-electron chi connectivity index (χ3n) is 4.81. The molecule has 0 spiro atoms. The van der Waals surface area contributed by atoms with E-state index in [1.807, 2.05) is 31.1 Å². The zero-order valence-corrected chi connectivity index (χ0v) is 14.5. The van der Waals surface area contributed by atoms with Gasteiger partial charge in [-0.05, 0) is 39.5 Å². The molecular weight excluding hydrogens is 306 g/mol. The number of hydrogen-bond acceptors (Lipinski definition) is 4. The van der Waals surface area contributed by atoms with Gasteiger partial charge in [0.05, 0.1) is 24.0 Å². The minimum atomic E-state index is -0.0873. The van der Waals surface area contributed by atoms with Gasteiger partial charge in [-0.2, -0.15) is 5.10 Å². The first kappa shape index (κ1) is 16.5. The molecule has 1 aliphatic rings. The van der Waals surface area contributed by atoms with Gasteiger partial charge in [-0.25, -0.2) is 4.79 Å². The molecule has 24 heavy (non-hydrogen) atoms. The average Bonchev–Trinajstić information content (AvgIpc) is 3.23. The minimum Gasteiger partial charge on any atom is -0.361 e. The van der Waals surface area contributed by atoms with Crippen molar-refractivity contribution in [1.29, 1.82) is 0 Å². The molecule has 0 saturated carbocycles. The summed E-state index contributed by atoms with van der Waals surface area (Å²) in [5.41, 5.74) is 2.89. The summed E-state index contributed by atoms with van der Waals surface area (Å²) in [7, 11) is 0. The first-order valence-electron chi connectivity index (χ1n) is 8.60. The summed E-state index contributed by atoms with van der Waals surface area (Å²) in [4.78, 5) is 14.8. The number of likely N-dealkylation sites (tertiary alicyclic amines) is 1. The van der Waals surface area contributed by atoms with E-state index in [4.69, 9.17) is 4.52 Å². The Bertz CT molecular complexity index is 660. The number of carbonyl (C=O) groups is 1. The second kappa shape index (κ2) is 7.07. The van der Waals surface area contributed by atoms with Crippen LogP contribution in [0.5, 0.6) is 0 Å². The summed E-state index contributed by atoms with van der Waals surface area (Å²) in [5, 5.41) is 14.1. The first-order valence-corrected chi connectivity index (χ1v) is 8.60. The van der Waals surface area contributed by atoms with E-state index < -0.39 is 0 Å². The first-order chi connectivity index (χ1) is 11.6. The minimum absolute atomic E-state index is 0.0345. The van der Waals surface area contributed by atoms with Crippen molar-refractivity contribution in [3.05, 3.63) is 35.0 Å². The normalized spacial score (nSPS) is 19.3. The van der Waals surface area contributed by atoms with Crippen molar-refractivity contribution in [1.82, 2.24) is 25.6 Å². The van der Waals surface area contributed by atoms with Gasteiger partial charge in [0.25, 0.3) is 0 Å². The lowest BCUT2D eigenvalue weighted by molar-refractivity contribution is 0.148. The van der Waals surface area contributed by atoms with Crippen molar-refractivity contribution >= 4 is 6.03 Å². The average molecular weight is 331 g/mol. The molecule has 2 atom stereocenters. The number of aryl methyl sites for hydroxylation is 2. The fraction of sp³-hybridized carbons (Fsp3) is 0.588. The van der Waals surface area contributed by atoms with Crippen LogP contribution in [0.3, 0.4) is 0 Å². The van der Waals surface area contributed by atoms with E-state index in [2.05, 4.69) is 27.6 Å². The summed E-state index contributed by atoms with van der Waals surface area (Å²) in [6.45, 7) is 6.62. The number of urea groups is 1. The summed E-state index contributed by atoms with van der Waals surface area (Å²) in [5.74, 6) is 0.768. The molecule has 2 amide bonds. The van der Waals surface area contributed by atoms with E-state index in [0.29, 0.717) is 0 Å². The number of piperidine rings is 1. The smallest absolute Gasteiger partial charge is 0.318 e. The Hall–Kier alpha value is -2.31. The Morgan fingerprint density at radius 3 is 2.96 bits per heavy atom. The van der Waals surface area contributed by atoms with E-state index in [-0.39, 0.29) is 18.1 Å². The van der Waals surface area contributed by atoms with Gasteiger partial charge in [-0.1, -0.05) is 12.1 Å². The molecule has 1 aliphatic heterocycles. The number of rotatable bonds is 4. The van der Waals surface area contributed by atoms with Crippen LogP contribution in [0.4, 0.5) is 4.79 Å². The number of nitrogens with zero attached hydrogens (tertiary/aromatic N) is 3. The van der Waals surface area contributed by atoms with Gasteiger partial charge in [-0.15, -0.1) is 0 Å². The molecule has 1 fully saturated rings. The van der Waals surface area contributed by atoms with Crippen molar-refractivity contribution in [3.8, 4) is 0 Å². The highest BCUT2D eigenvalue weighted by Gasteiger charge is 2.30. The van der Waals surface area contributed by atoms with Gasteiger partial charge in [-0.3, -0.25) is 5.10 Å². The molecule has 130 valence electrons. The highest BCUT2D eigenvalue weighted by molar-refractivity contribution is 5.75. The fourth-order valence-electron chi connectivity index (χ4n) is 3.56. The van der Waals surface area contributed by atoms with Crippen molar-refractivity contribution in [2.75, 3.05) is 6.54 Å². The standard InChI is InChI=1S/C17H25N5O2/c1-4-14(16-11(2)21-24-12(16)3)20-17(23)22-8-6-5-7-15(22)13-9-18-19-10-13/h9-10,14-15H,4-8H2,1-3H3,(H,18,19)(H,20,23)/t14-,15-/m1/s1. The lowest BCUT2D eigenvalue weighted by Crippen LogP contribution is -2.45. The number of H-pyrrole nitrogens is 1. The monoisotopic (exact) mass is 331 g/mol. The lowest BCUT2D eigenvalue weighted by atomic mass is 9.97. The van der Waals surface area contributed by atoms with Crippen molar-refractivity contribution in [3.63, 3.8) is 0 Å². The number of amides is 2. The molecule has 7 nitrogen and oxygen atoms in total. The van der Waals surface area contributed by atoms with Crippen LogP contribution in [0.25, 0.3) is 0 Å². The van der Waals surface area contributed by atoms with Gasteiger partial charge in [0, 0.05) is 23.9 Å². The quantitative estimate of drug-likeness (QED) is 0.899. The summed E-state index contributed by atoms with van der Waals surface area (Å²) in [6, 6.07) is -0.0388. The SMILES string of the molecule is CC[C@@H](NC(=O)N1CCCC[C@@H]1c1cn[nH]c1)c1c(C)noc1C. The Balaban J connectivity index is 1.77. The molecule has 0 radical (unpaired) electrons. The number of aromatic amines is 1. The molecule has 0 aliphatic carbocycles. The molecule has 7 heteroatoms. The molecule has 1 saturated heterocycles. The maximum atomic E-state index is 12.9. The molecule has 2 aromatic heterocycles. The second-order valence-corrected chi connectivity index (χ2v) is 6.38. The summed E-state index contributed by atoms with van der Waals surface area (Å²) in [6.07, 6.45) is 7.60. The van der Waals surface area contributed by atoms with E-state index >= 15 is 0 Å². The van der Waals surface area contributed by atoms with Crippen LogP contribution in [-0.2, 0) is 0 Å². The maximum absolute atomic E-state index is 12.9. The molecule has 3 rings (SSSR count). The van der Waals surface area contributed by atoms with Gasteiger partial charge in [0.15, 0.2) is 0 Å². The largest absolute Gasteiger partial charge is 0.361 e. The van der Waals surface area contributed by atoms with Crippen LogP contribution >= 0.6 is 0 Å². The van der Waals surface area contributed by atoms with E-state index in [0.717, 1.165) is 54.8 Å². The Labute approximate surface area is 141 Å². The van der Waals surface area contributed by atoms with Crippen LogP contribution in [0, 0.1) is 13.8 Å². The molecule has 2 N–H and O–H groups in total. The van der Waals surface area contributed by atoms with E-state index in [1.54, 1.807) is 0 Å². The zero-order chi connectivity index (χ0) is 17.1. The van der Waals surface area contributed by atoms with Crippen molar-refractivity contribution < 1.29 is 9.32 Å². The Morgan fingerprint density at radius 2 is 2.33 bits per heavy atom. The van der Waals surface area contributed by atoms with Crippen LogP contribution in [0.2, 0.25) is 0 Å². The van der Waals surface area contributed by atoms with E-state index in [1.165, 1.54) is 0 Å². The molecule has 0 bridgehead atoms. The van der Waals surface area contributed by atoms with Crippen LogP contribution in [0.1, 0.15) is 67.3 Å². The van der Waals surface area contributed by atoms with Crippen LogP contribution in [-0.4, -0.2) is 32.8 Å². The molecule has 0 unspecified atom stereocenters. The molecule has 3 heterocycles. The number of carbonyl (C=O) groups excluding carboxylic acids is 1. The predicted octanol–water partition coefficient (Wildman–Crippen LogP) is 3.40. The van der Waals surface area contributed by atoms with Crippen molar-refractivity contribution in [2.45, 2.75) is 58.5 Å². The number of aromatic nitrogens is 3. The Kier molecular flexibility index (Phi) is 4.87. The third-order valence-corrected chi connectivity index (χ3v) is 4.81. The fourth-order valence-corrected chi connectivity index (χ4v) is 3.56. The summed E-state index contributed by atoms with van der Waals surface area (Å²) >= 11 is 0. The van der Waals surface area contributed by atoms with Gasteiger partial charge < -0.3 is 14.7 Å². The highest BCUT2D eigenvalue weighted by Crippen LogP contribution is 2.31. The second-order valence-electron chi connectivity index (χ2n) is 6.38. The predicted molar refractivity (Wildman–Crippen MR) is 89.4 cm³/mol. The lowest BCUT2D eigenvalue weighted by Gasteiger charge is -2.36. The van der Waals surface area contributed by atoms with Crippen molar-refractivity contribution in [2.24, 2.45) is 0 Å². The Morgan fingerprint density at radius 1 is 1.50 bits per heavy atom. The van der Waals surface area contributed by atoms with Gasteiger partial charge >= 0.3 is 6.03 Å². The van der Waals surface area contributed by atoms with Gasteiger partial charge in [0.1, 0.15) is 5.76 Å².